The lowest BCUT2D eigenvalue weighted by molar-refractivity contribution is 0.692. The predicted octanol–water partition coefficient (Wildman–Crippen LogP) is 5.03. The topological polar surface area (TPSA) is 29.9 Å². The average Bonchev–Trinajstić information content (AvgIpc) is 3.02. The van der Waals surface area contributed by atoms with Crippen molar-refractivity contribution in [1.29, 1.82) is 0 Å². The highest BCUT2D eigenvalue weighted by Gasteiger charge is 2.08. The summed E-state index contributed by atoms with van der Waals surface area (Å²) in [6.45, 7) is 2.50. The molecule has 0 spiro atoms. The summed E-state index contributed by atoms with van der Waals surface area (Å²) in [6, 6.07) is 20.7. The fourth-order valence-corrected chi connectivity index (χ4v) is 3.35. The summed E-state index contributed by atoms with van der Waals surface area (Å²) in [5, 5.41) is 5.60. The standard InChI is InChI=1S/C22H20ClN3/c23-20-7-5-18(6-8-20)15-26-16-19(21-3-1-2-4-22(21)26)14-25-13-17-9-11-24-12-10-17/h1-12,16,25H,13-15H2. The zero-order valence-corrected chi connectivity index (χ0v) is 15.2. The molecule has 2 heterocycles. The summed E-state index contributed by atoms with van der Waals surface area (Å²) in [5.74, 6) is 0. The molecule has 2 aromatic carbocycles. The Hall–Kier alpha value is -2.62. The van der Waals surface area contributed by atoms with Gasteiger partial charge in [0.2, 0.25) is 0 Å². The van der Waals surface area contributed by atoms with Crippen molar-refractivity contribution in [3.05, 3.63) is 101 Å². The van der Waals surface area contributed by atoms with E-state index in [1.807, 2.05) is 36.7 Å². The second kappa shape index (κ2) is 7.73. The number of hydrogen-bond donors (Lipinski definition) is 1. The van der Waals surface area contributed by atoms with E-state index in [9.17, 15) is 0 Å². The van der Waals surface area contributed by atoms with Crippen LogP contribution in [0, 0.1) is 0 Å². The number of pyridine rings is 1. The van der Waals surface area contributed by atoms with Crippen molar-refractivity contribution >= 4 is 22.5 Å². The number of fused-ring (bicyclic) bond motifs is 1. The average molecular weight is 362 g/mol. The Labute approximate surface area is 158 Å². The minimum Gasteiger partial charge on any atom is -0.343 e. The molecule has 26 heavy (non-hydrogen) atoms. The van der Waals surface area contributed by atoms with Crippen LogP contribution in [0.25, 0.3) is 10.9 Å². The van der Waals surface area contributed by atoms with Crippen LogP contribution >= 0.6 is 11.6 Å². The van der Waals surface area contributed by atoms with E-state index < -0.39 is 0 Å². The third-order valence-corrected chi connectivity index (χ3v) is 4.78. The third kappa shape index (κ3) is 3.79. The molecule has 0 saturated heterocycles. The molecule has 130 valence electrons. The molecule has 0 aliphatic rings. The van der Waals surface area contributed by atoms with Crippen molar-refractivity contribution in [1.82, 2.24) is 14.9 Å². The minimum absolute atomic E-state index is 0.770. The third-order valence-electron chi connectivity index (χ3n) is 4.53. The van der Waals surface area contributed by atoms with Crippen LogP contribution in [0.1, 0.15) is 16.7 Å². The lowest BCUT2D eigenvalue weighted by Gasteiger charge is -2.05. The Kier molecular flexibility index (Phi) is 5.00. The van der Waals surface area contributed by atoms with Crippen molar-refractivity contribution < 1.29 is 0 Å². The van der Waals surface area contributed by atoms with Gasteiger partial charge in [0, 0.05) is 54.2 Å². The van der Waals surface area contributed by atoms with E-state index >= 15 is 0 Å². The van der Waals surface area contributed by atoms with Crippen molar-refractivity contribution in [2.75, 3.05) is 0 Å². The highest BCUT2D eigenvalue weighted by atomic mass is 35.5. The smallest absolute Gasteiger partial charge is 0.0486 e. The SMILES string of the molecule is Clc1ccc(Cn2cc(CNCc3ccncc3)c3ccccc32)cc1. The molecular formula is C22H20ClN3. The van der Waals surface area contributed by atoms with Crippen molar-refractivity contribution in [3.63, 3.8) is 0 Å². The first-order chi connectivity index (χ1) is 12.8. The van der Waals surface area contributed by atoms with Crippen LogP contribution in [0.4, 0.5) is 0 Å². The minimum atomic E-state index is 0.770. The van der Waals surface area contributed by atoms with Gasteiger partial charge in [0.1, 0.15) is 0 Å². The molecule has 4 aromatic rings. The van der Waals surface area contributed by atoms with Gasteiger partial charge in [0.05, 0.1) is 0 Å². The molecule has 0 fully saturated rings. The van der Waals surface area contributed by atoms with E-state index in [-0.39, 0.29) is 0 Å². The maximum atomic E-state index is 6.00. The van der Waals surface area contributed by atoms with Crippen LogP contribution < -0.4 is 5.32 Å². The number of aromatic nitrogens is 2. The predicted molar refractivity (Wildman–Crippen MR) is 107 cm³/mol. The normalized spacial score (nSPS) is 11.1. The van der Waals surface area contributed by atoms with Gasteiger partial charge in [-0.15, -0.1) is 0 Å². The largest absolute Gasteiger partial charge is 0.343 e. The maximum absolute atomic E-state index is 6.00. The van der Waals surface area contributed by atoms with Gasteiger partial charge >= 0.3 is 0 Å². The highest BCUT2D eigenvalue weighted by Crippen LogP contribution is 2.23. The first kappa shape index (κ1) is 16.8. The molecule has 2 aromatic heterocycles. The van der Waals surface area contributed by atoms with Gasteiger partial charge in [-0.25, -0.2) is 0 Å². The fourth-order valence-electron chi connectivity index (χ4n) is 3.22. The molecule has 0 atom stereocenters. The summed E-state index contributed by atoms with van der Waals surface area (Å²) >= 11 is 6.00. The number of rotatable bonds is 6. The van der Waals surface area contributed by atoms with Gasteiger partial charge < -0.3 is 9.88 Å². The molecule has 3 nitrogen and oxygen atoms in total. The van der Waals surface area contributed by atoms with E-state index in [1.165, 1.54) is 27.6 Å². The van der Waals surface area contributed by atoms with Gasteiger partial charge in [-0.05, 0) is 47.0 Å². The zero-order chi connectivity index (χ0) is 17.8. The van der Waals surface area contributed by atoms with Crippen molar-refractivity contribution in [2.24, 2.45) is 0 Å². The summed E-state index contributed by atoms with van der Waals surface area (Å²) in [5.41, 5.74) is 5.04. The molecule has 1 N–H and O–H groups in total. The molecular weight excluding hydrogens is 342 g/mol. The van der Waals surface area contributed by atoms with Crippen molar-refractivity contribution in [2.45, 2.75) is 19.6 Å². The summed E-state index contributed by atoms with van der Waals surface area (Å²) in [6.07, 6.45) is 5.91. The molecule has 0 radical (unpaired) electrons. The first-order valence-corrected chi connectivity index (χ1v) is 9.08. The van der Waals surface area contributed by atoms with E-state index in [1.54, 1.807) is 0 Å². The number of halogens is 1. The quantitative estimate of drug-likeness (QED) is 0.522. The van der Waals surface area contributed by atoms with E-state index in [4.69, 9.17) is 11.6 Å². The number of nitrogens with one attached hydrogen (secondary N) is 1. The Morgan fingerprint density at radius 2 is 1.62 bits per heavy atom. The molecule has 0 amide bonds. The number of benzene rings is 2. The Bertz CT molecular complexity index is 991. The van der Waals surface area contributed by atoms with Crippen LogP contribution in [0.5, 0.6) is 0 Å². The van der Waals surface area contributed by atoms with E-state index in [0.717, 1.165) is 24.7 Å². The maximum Gasteiger partial charge on any atom is 0.0486 e. The van der Waals surface area contributed by atoms with Gasteiger partial charge in [-0.2, -0.15) is 0 Å². The molecule has 0 unspecified atom stereocenters. The van der Waals surface area contributed by atoms with Crippen LogP contribution in [0.3, 0.4) is 0 Å². The summed E-state index contributed by atoms with van der Waals surface area (Å²) in [4.78, 5) is 4.06. The molecule has 4 rings (SSSR count). The lowest BCUT2D eigenvalue weighted by Crippen LogP contribution is -2.12. The highest BCUT2D eigenvalue weighted by molar-refractivity contribution is 6.30. The van der Waals surface area contributed by atoms with Gasteiger partial charge in [-0.3, -0.25) is 4.98 Å². The molecule has 0 aliphatic carbocycles. The Morgan fingerprint density at radius 3 is 2.42 bits per heavy atom. The zero-order valence-electron chi connectivity index (χ0n) is 14.4. The molecule has 0 bridgehead atoms. The summed E-state index contributed by atoms with van der Waals surface area (Å²) < 4.78 is 2.31. The van der Waals surface area contributed by atoms with Crippen LogP contribution in [-0.4, -0.2) is 9.55 Å². The Morgan fingerprint density at radius 1 is 0.846 bits per heavy atom. The second-order valence-corrected chi connectivity index (χ2v) is 6.82. The molecule has 4 heteroatoms. The molecule has 0 aliphatic heterocycles. The van der Waals surface area contributed by atoms with Crippen LogP contribution in [-0.2, 0) is 19.6 Å². The van der Waals surface area contributed by atoms with E-state index in [0.29, 0.717) is 0 Å². The number of hydrogen-bond acceptors (Lipinski definition) is 2. The first-order valence-electron chi connectivity index (χ1n) is 8.70. The fraction of sp³-hybridized carbons (Fsp3) is 0.136. The number of nitrogens with zero attached hydrogens (tertiary/aromatic N) is 2. The van der Waals surface area contributed by atoms with Crippen LogP contribution in [0.2, 0.25) is 5.02 Å². The lowest BCUT2D eigenvalue weighted by atomic mass is 10.1. The van der Waals surface area contributed by atoms with Gasteiger partial charge in [-0.1, -0.05) is 41.9 Å². The van der Waals surface area contributed by atoms with Gasteiger partial charge in [0.15, 0.2) is 0 Å². The van der Waals surface area contributed by atoms with Crippen molar-refractivity contribution in [3.8, 4) is 0 Å². The Balaban J connectivity index is 1.54. The van der Waals surface area contributed by atoms with Gasteiger partial charge in [0.25, 0.3) is 0 Å². The monoisotopic (exact) mass is 361 g/mol. The summed E-state index contributed by atoms with van der Waals surface area (Å²) in [7, 11) is 0. The second-order valence-electron chi connectivity index (χ2n) is 6.38. The van der Waals surface area contributed by atoms with E-state index in [2.05, 4.69) is 57.5 Å². The molecule has 0 saturated carbocycles. The number of para-hydroxylation sites is 1. The van der Waals surface area contributed by atoms with Crippen LogP contribution in [0.15, 0.2) is 79.3 Å².